The molecule has 0 aromatic carbocycles. The number of hydrogen-bond donors (Lipinski definition) is 1. The van der Waals surface area contributed by atoms with E-state index in [4.69, 9.17) is 14.6 Å². The zero-order valence-electron chi connectivity index (χ0n) is 14.4. The number of hydrogen-bond acceptors (Lipinski definition) is 6. The number of likely N-dealkylation sites (N-methyl/N-ethyl adjacent to an activating group) is 1. The van der Waals surface area contributed by atoms with Gasteiger partial charge in [-0.25, -0.2) is 9.59 Å². The summed E-state index contributed by atoms with van der Waals surface area (Å²) in [4.78, 5) is 26.3. The van der Waals surface area contributed by atoms with Crippen molar-refractivity contribution in [2.75, 3.05) is 27.9 Å². The van der Waals surface area contributed by atoms with Gasteiger partial charge in [-0.2, -0.15) is 0 Å². The molecule has 1 aliphatic carbocycles. The molecule has 0 bridgehead atoms. The van der Waals surface area contributed by atoms with Crippen molar-refractivity contribution in [3.05, 3.63) is 35.1 Å². The third-order valence-corrected chi connectivity index (χ3v) is 4.35. The number of methoxy groups -OCH3 is 2. The van der Waals surface area contributed by atoms with E-state index in [1.54, 1.807) is 12.3 Å². The molecule has 6 heteroatoms. The summed E-state index contributed by atoms with van der Waals surface area (Å²) in [5, 5.41) is 9.13. The Morgan fingerprint density at radius 3 is 2.38 bits per heavy atom. The molecule has 24 heavy (non-hydrogen) atoms. The summed E-state index contributed by atoms with van der Waals surface area (Å²) < 4.78 is 9.68. The summed E-state index contributed by atoms with van der Waals surface area (Å²) in [6.07, 6.45) is 8.99. The Morgan fingerprint density at radius 2 is 1.83 bits per heavy atom. The topological polar surface area (TPSA) is 76.1 Å². The minimum atomic E-state index is -0.583. The van der Waals surface area contributed by atoms with Gasteiger partial charge in [-0.15, -0.1) is 0 Å². The molecule has 1 aliphatic heterocycles. The molecule has 0 radical (unpaired) electrons. The highest BCUT2D eigenvalue weighted by Crippen LogP contribution is 2.38. The number of aliphatic hydroxyl groups is 1. The molecular formula is C18H25NO5. The van der Waals surface area contributed by atoms with Crippen LogP contribution in [0, 0.1) is 5.92 Å². The van der Waals surface area contributed by atoms with Gasteiger partial charge >= 0.3 is 11.9 Å². The van der Waals surface area contributed by atoms with Crippen molar-refractivity contribution in [2.24, 2.45) is 5.92 Å². The molecule has 1 atom stereocenters. The van der Waals surface area contributed by atoms with E-state index in [9.17, 15) is 9.59 Å². The zero-order chi connectivity index (χ0) is 17.7. The first-order valence-corrected chi connectivity index (χ1v) is 8.15. The van der Waals surface area contributed by atoms with Crippen LogP contribution in [-0.2, 0) is 19.1 Å². The first-order valence-electron chi connectivity index (χ1n) is 8.15. The van der Waals surface area contributed by atoms with Crippen LogP contribution in [0.5, 0.6) is 0 Å². The van der Waals surface area contributed by atoms with E-state index in [0.717, 1.165) is 18.4 Å². The normalized spacial score (nSPS) is 21.1. The van der Waals surface area contributed by atoms with E-state index in [1.165, 1.54) is 14.2 Å². The number of esters is 2. The highest BCUT2D eigenvalue weighted by Gasteiger charge is 2.34. The molecule has 0 amide bonds. The van der Waals surface area contributed by atoms with E-state index < -0.39 is 11.9 Å². The van der Waals surface area contributed by atoms with Gasteiger partial charge in [-0.05, 0) is 43.3 Å². The maximum absolute atomic E-state index is 12.2. The molecule has 0 spiro atoms. The van der Waals surface area contributed by atoms with Crippen molar-refractivity contribution in [3.63, 3.8) is 0 Å². The molecule has 0 aromatic rings. The second kappa shape index (κ2) is 8.15. The summed E-state index contributed by atoms with van der Waals surface area (Å²) in [6, 6.07) is 0.161. The largest absolute Gasteiger partial charge is 0.465 e. The van der Waals surface area contributed by atoms with Crippen LogP contribution < -0.4 is 0 Å². The Labute approximate surface area is 142 Å². The lowest BCUT2D eigenvalue weighted by atomic mass is 9.96. The second-order valence-corrected chi connectivity index (χ2v) is 6.15. The standard InChI is InChI=1S/C18H25NO5/c1-19-11-15(18(22)24-3)14(17(21)23-2)9-12(5-4-8-20)10-16(19)13-6-7-13/h9-11,13,16,20H,4-8H2,1-3H3. The maximum Gasteiger partial charge on any atom is 0.340 e. The van der Waals surface area contributed by atoms with Gasteiger partial charge in [0.05, 0.1) is 25.4 Å². The molecule has 6 nitrogen and oxygen atoms in total. The van der Waals surface area contributed by atoms with Crippen LogP contribution in [0.25, 0.3) is 0 Å². The molecular weight excluding hydrogens is 310 g/mol. The Bertz CT molecular complexity index is 586. The van der Waals surface area contributed by atoms with Crippen molar-refractivity contribution < 1.29 is 24.2 Å². The summed E-state index contributed by atoms with van der Waals surface area (Å²) >= 11 is 0. The summed E-state index contributed by atoms with van der Waals surface area (Å²) in [6.45, 7) is 0.0718. The number of carbonyl (C=O) groups excluding carboxylic acids is 2. The monoisotopic (exact) mass is 335 g/mol. The fourth-order valence-corrected chi connectivity index (χ4v) is 2.90. The molecule has 1 saturated carbocycles. The molecule has 132 valence electrons. The van der Waals surface area contributed by atoms with Gasteiger partial charge in [0, 0.05) is 25.9 Å². The van der Waals surface area contributed by atoms with Gasteiger partial charge in [0.2, 0.25) is 0 Å². The van der Waals surface area contributed by atoms with Crippen LogP contribution in [0.1, 0.15) is 25.7 Å². The van der Waals surface area contributed by atoms with Gasteiger partial charge in [-0.1, -0.05) is 6.08 Å². The fraction of sp³-hybridized carbons (Fsp3) is 0.556. The molecule has 2 aliphatic rings. The predicted molar refractivity (Wildman–Crippen MR) is 88.9 cm³/mol. The van der Waals surface area contributed by atoms with Crippen LogP contribution in [0.4, 0.5) is 0 Å². The smallest absolute Gasteiger partial charge is 0.340 e. The Morgan fingerprint density at radius 1 is 1.21 bits per heavy atom. The van der Waals surface area contributed by atoms with E-state index in [2.05, 4.69) is 6.08 Å². The highest BCUT2D eigenvalue weighted by molar-refractivity contribution is 6.07. The molecule has 1 unspecified atom stereocenters. The quantitative estimate of drug-likeness (QED) is 0.743. The van der Waals surface area contributed by atoms with Crippen molar-refractivity contribution in [1.82, 2.24) is 4.90 Å². The number of ether oxygens (including phenoxy) is 2. The van der Waals surface area contributed by atoms with Crippen molar-refractivity contribution in [2.45, 2.75) is 31.7 Å². The van der Waals surface area contributed by atoms with Crippen LogP contribution >= 0.6 is 0 Å². The number of aliphatic hydroxyl groups excluding tert-OH is 1. The van der Waals surface area contributed by atoms with Gasteiger partial charge in [0.1, 0.15) is 0 Å². The van der Waals surface area contributed by atoms with Crippen LogP contribution in [0.2, 0.25) is 0 Å². The van der Waals surface area contributed by atoms with Gasteiger partial charge < -0.3 is 19.5 Å². The van der Waals surface area contributed by atoms with Crippen molar-refractivity contribution in [1.29, 1.82) is 0 Å². The lowest BCUT2D eigenvalue weighted by Gasteiger charge is -2.28. The highest BCUT2D eigenvalue weighted by atomic mass is 16.5. The summed E-state index contributed by atoms with van der Waals surface area (Å²) in [7, 11) is 4.47. The molecule has 1 N–H and O–H groups in total. The SMILES string of the molecule is COC(=O)C1=CC(CCCO)=CC(C2CC2)N(C)C=C1C(=O)OC. The predicted octanol–water partition coefficient (Wildman–Crippen LogP) is 1.57. The minimum absolute atomic E-state index is 0.0718. The minimum Gasteiger partial charge on any atom is -0.465 e. The summed E-state index contributed by atoms with van der Waals surface area (Å²) in [5.74, 6) is -0.612. The number of allylic oxidation sites excluding steroid dienone is 2. The van der Waals surface area contributed by atoms with E-state index in [0.29, 0.717) is 18.8 Å². The Balaban J connectivity index is 2.50. The number of rotatable bonds is 6. The lowest BCUT2D eigenvalue weighted by molar-refractivity contribution is -0.139. The summed E-state index contributed by atoms with van der Waals surface area (Å²) in [5.41, 5.74) is 1.28. The average Bonchev–Trinajstić information content (AvgIpc) is 3.41. The number of nitrogens with zero attached hydrogens (tertiary/aromatic N) is 1. The molecule has 1 heterocycles. The maximum atomic E-state index is 12.2. The van der Waals surface area contributed by atoms with Gasteiger partial charge in [-0.3, -0.25) is 0 Å². The zero-order valence-corrected chi connectivity index (χ0v) is 14.4. The average molecular weight is 335 g/mol. The third kappa shape index (κ3) is 4.26. The van der Waals surface area contributed by atoms with Gasteiger partial charge in [0.25, 0.3) is 0 Å². The van der Waals surface area contributed by atoms with E-state index in [1.807, 2.05) is 11.9 Å². The molecule has 2 rings (SSSR count). The Hall–Kier alpha value is -2.08. The van der Waals surface area contributed by atoms with Crippen LogP contribution in [0.15, 0.2) is 35.1 Å². The second-order valence-electron chi connectivity index (χ2n) is 6.15. The van der Waals surface area contributed by atoms with Crippen molar-refractivity contribution in [3.8, 4) is 0 Å². The molecule has 0 aromatic heterocycles. The van der Waals surface area contributed by atoms with E-state index >= 15 is 0 Å². The third-order valence-electron chi connectivity index (χ3n) is 4.35. The number of carbonyl (C=O) groups is 2. The van der Waals surface area contributed by atoms with Gasteiger partial charge in [0.15, 0.2) is 0 Å². The fourth-order valence-electron chi connectivity index (χ4n) is 2.90. The van der Waals surface area contributed by atoms with Crippen LogP contribution in [-0.4, -0.2) is 55.9 Å². The molecule has 0 saturated heterocycles. The Kier molecular flexibility index (Phi) is 6.20. The van der Waals surface area contributed by atoms with Crippen molar-refractivity contribution >= 4 is 11.9 Å². The first kappa shape index (κ1) is 18.3. The molecule has 1 fully saturated rings. The lowest BCUT2D eigenvalue weighted by Crippen LogP contribution is -2.30. The first-order chi connectivity index (χ1) is 11.5. The van der Waals surface area contributed by atoms with E-state index in [-0.39, 0.29) is 23.8 Å². The van der Waals surface area contributed by atoms with Crippen LogP contribution in [0.3, 0.4) is 0 Å².